The molecule has 0 saturated carbocycles. The Bertz CT molecular complexity index is 2160. The quantitative estimate of drug-likeness (QED) is 0.105. The molecular formula is C40H40FN2O3SSi+. The van der Waals surface area contributed by atoms with E-state index in [0.29, 0.717) is 5.56 Å². The Labute approximate surface area is 285 Å². The largest absolute Gasteiger partial charge is 0.342 e. The lowest BCUT2D eigenvalue weighted by Crippen LogP contribution is -2.31. The van der Waals surface area contributed by atoms with E-state index < -0.39 is 36.9 Å². The van der Waals surface area contributed by atoms with Crippen LogP contribution in [0.25, 0.3) is 5.57 Å². The number of anilines is 2. The van der Waals surface area contributed by atoms with Crippen LogP contribution in [0.5, 0.6) is 0 Å². The lowest BCUT2D eigenvalue weighted by Gasteiger charge is -2.30. The fourth-order valence-corrected chi connectivity index (χ4v) is 9.53. The molecule has 0 N–H and O–H groups in total. The molecule has 6 rings (SSSR count). The molecule has 0 amide bonds. The Morgan fingerprint density at radius 2 is 1.56 bits per heavy atom. The molecule has 4 aromatic rings. The van der Waals surface area contributed by atoms with Crippen LogP contribution >= 0.6 is 0 Å². The number of allylic oxidation sites excluding steroid dienone is 5. The number of Topliss-reactive ketones (excluding diaryl/α,β-unsaturated/α-hetero) is 1. The van der Waals surface area contributed by atoms with Gasteiger partial charge in [-0.15, -0.1) is 0 Å². The summed E-state index contributed by atoms with van der Waals surface area (Å²) < 4.78 is 40.0. The third kappa shape index (κ3) is 6.42. The number of ketones is 1. The number of alkyl halides is 1. The first kappa shape index (κ1) is 33.2. The van der Waals surface area contributed by atoms with Crippen molar-refractivity contribution in [1.82, 2.24) is 0 Å². The van der Waals surface area contributed by atoms with Crippen LogP contribution in [-0.2, 0) is 9.84 Å². The van der Waals surface area contributed by atoms with Crippen LogP contribution < -0.4 is 10.1 Å². The Hall–Kier alpha value is -4.66. The minimum atomic E-state index is -4.16. The number of halogens is 1. The van der Waals surface area contributed by atoms with E-state index in [1.54, 1.807) is 12.1 Å². The van der Waals surface area contributed by atoms with Crippen LogP contribution in [0.1, 0.15) is 46.5 Å². The number of hydrogen-bond acceptors (Lipinski definition) is 4. The van der Waals surface area contributed by atoms with E-state index in [2.05, 4.69) is 122 Å². The van der Waals surface area contributed by atoms with E-state index in [4.69, 9.17) is 0 Å². The molecule has 1 heterocycles. The van der Waals surface area contributed by atoms with Gasteiger partial charge >= 0.3 is 0 Å². The van der Waals surface area contributed by atoms with Gasteiger partial charge in [0.2, 0.25) is 11.4 Å². The van der Waals surface area contributed by atoms with Gasteiger partial charge in [-0.05, 0) is 85.0 Å². The number of nitrogens with zero attached hydrogens (tertiary/aromatic N) is 2. The fraction of sp³-hybridized carbons (Fsp3) is 0.200. The van der Waals surface area contributed by atoms with E-state index >= 15 is 0 Å². The van der Waals surface area contributed by atoms with Gasteiger partial charge in [-0.1, -0.05) is 71.9 Å². The highest BCUT2D eigenvalue weighted by atomic mass is 32.2. The molecule has 0 atom stereocenters. The molecule has 0 saturated heterocycles. The minimum absolute atomic E-state index is 0.281. The Morgan fingerprint density at radius 1 is 0.854 bits per heavy atom. The summed E-state index contributed by atoms with van der Waals surface area (Å²) in [6.07, 6.45) is 6.58. The molecular weight excluding hydrogens is 636 g/mol. The third-order valence-electron chi connectivity index (χ3n) is 9.18. The van der Waals surface area contributed by atoms with Gasteiger partial charge in [-0.2, -0.15) is 4.58 Å². The SMILES string of the molecule is CCN(c1ccc2c(c1)[SiH2]C1=C/C(=[N+](\CC)c3ccccc3C)C=CC1=C2c1ccccc1C(=O)CS(=O)(=O)CF)c1ccccc1C. The van der Waals surface area contributed by atoms with Crippen molar-refractivity contribution in [2.24, 2.45) is 0 Å². The topological polar surface area (TPSA) is 57.5 Å². The molecule has 0 unspecified atom stereocenters. The molecule has 8 heteroatoms. The first-order valence-corrected chi connectivity index (χ1v) is 19.6. The highest BCUT2D eigenvalue weighted by molar-refractivity contribution is 7.91. The standard InChI is InChI=1S/C40H40FN2O3SSi/c1-5-42(35-17-11-7-13-27(35)3)29-19-21-33-38(23-29)48-39-24-30(43(6-2)36-18-12-8-14-28(36)4)20-22-34(39)40(33)32-16-10-9-15-31(32)37(44)25-47(45,46)26-41/h7-24H,5-6,25-26,48H2,1-4H3/q+1. The lowest BCUT2D eigenvalue weighted by molar-refractivity contribution is -0.435. The van der Waals surface area contributed by atoms with Gasteiger partial charge in [-0.3, -0.25) is 4.79 Å². The average Bonchev–Trinajstić information content (AvgIpc) is 3.09. The molecule has 0 radical (unpaired) electrons. The van der Waals surface area contributed by atoms with Crippen LogP contribution in [0, 0.1) is 13.8 Å². The Morgan fingerprint density at radius 3 is 2.27 bits per heavy atom. The van der Waals surface area contributed by atoms with E-state index in [9.17, 15) is 17.6 Å². The number of rotatable bonds is 10. The molecule has 0 fully saturated rings. The molecule has 48 heavy (non-hydrogen) atoms. The number of aryl methyl sites for hydroxylation is 2. The summed E-state index contributed by atoms with van der Waals surface area (Å²) >= 11 is 0. The second kappa shape index (κ2) is 13.8. The van der Waals surface area contributed by atoms with Crippen molar-refractivity contribution >= 4 is 58.7 Å². The van der Waals surface area contributed by atoms with Gasteiger partial charge < -0.3 is 4.90 Å². The number of fused-ring (bicyclic) bond motifs is 2. The van der Waals surface area contributed by atoms with Crippen LogP contribution in [0.2, 0.25) is 0 Å². The van der Waals surface area contributed by atoms with Crippen LogP contribution in [0.3, 0.4) is 0 Å². The summed E-state index contributed by atoms with van der Waals surface area (Å²) in [5.41, 5.74) is 10.8. The van der Waals surface area contributed by atoms with Crippen molar-refractivity contribution in [3.05, 3.63) is 148 Å². The maximum absolute atomic E-state index is 13.5. The van der Waals surface area contributed by atoms with Gasteiger partial charge in [0.1, 0.15) is 12.3 Å². The number of carbonyl (C=O) groups is 1. The van der Waals surface area contributed by atoms with Crippen LogP contribution in [0.15, 0.2) is 120 Å². The molecule has 2 aliphatic rings. The molecule has 1 aliphatic heterocycles. The van der Waals surface area contributed by atoms with E-state index in [1.807, 2.05) is 12.1 Å². The van der Waals surface area contributed by atoms with E-state index in [1.165, 1.54) is 21.5 Å². The van der Waals surface area contributed by atoms with Crippen molar-refractivity contribution < 1.29 is 22.2 Å². The first-order valence-electron chi connectivity index (χ1n) is 16.3. The molecule has 0 aromatic heterocycles. The highest BCUT2D eigenvalue weighted by Gasteiger charge is 2.30. The second-order valence-electron chi connectivity index (χ2n) is 12.3. The average molecular weight is 676 g/mol. The molecule has 4 aromatic carbocycles. The summed E-state index contributed by atoms with van der Waals surface area (Å²) in [6, 6.07) is 28.9. The summed E-state index contributed by atoms with van der Waals surface area (Å²) in [4.78, 5) is 15.8. The summed E-state index contributed by atoms with van der Waals surface area (Å²) in [7, 11) is -5.16. The lowest BCUT2D eigenvalue weighted by atomic mass is 9.86. The van der Waals surface area contributed by atoms with Crippen molar-refractivity contribution in [3.8, 4) is 0 Å². The van der Waals surface area contributed by atoms with E-state index in [0.717, 1.165) is 52.6 Å². The van der Waals surface area contributed by atoms with Gasteiger partial charge in [0.05, 0.1) is 9.52 Å². The number of carbonyl (C=O) groups excluding carboxylic acids is 1. The number of benzene rings is 4. The smallest absolute Gasteiger partial charge is 0.208 e. The summed E-state index contributed by atoms with van der Waals surface area (Å²) in [5.74, 6) is -1.48. The molecule has 244 valence electrons. The summed E-state index contributed by atoms with van der Waals surface area (Å²) in [6.45, 7) is 10.1. The molecule has 1 aliphatic carbocycles. The first-order chi connectivity index (χ1) is 23.2. The van der Waals surface area contributed by atoms with Crippen molar-refractivity contribution in [3.63, 3.8) is 0 Å². The van der Waals surface area contributed by atoms with Crippen LogP contribution in [-0.4, -0.2) is 58.9 Å². The molecule has 0 spiro atoms. The third-order valence-corrected chi connectivity index (χ3v) is 12.1. The zero-order valence-corrected chi connectivity index (χ0v) is 30.1. The number of sulfone groups is 1. The normalized spacial score (nSPS) is 15.6. The van der Waals surface area contributed by atoms with Gasteiger partial charge in [0.25, 0.3) is 0 Å². The zero-order chi connectivity index (χ0) is 34.0. The Kier molecular flexibility index (Phi) is 9.58. The summed E-state index contributed by atoms with van der Waals surface area (Å²) in [5, 5.41) is 2.49. The van der Waals surface area contributed by atoms with Crippen molar-refractivity contribution in [2.75, 3.05) is 29.7 Å². The van der Waals surface area contributed by atoms with Gasteiger partial charge in [0.15, 0.2) is 21.6 Å². The zero-order valence-electron chi connectivity index (χ0n) is 27.8. The molecule has 0 bridgehead atoms. The fourth-order valence-electron chi connectivity index (χ4n) is 6.89. The van der Waals surface area contributed by atoms with Crippen molar-refractivity contribution in [2.45, 2.75) is 27.7 Å². The van der Waals surface area contributed by atoms with Crippen molar-refractivity contribution in [1.29, 1.82) is 0 Å². The predicted octanol–water partition coefficient (Wildman–Crippen LogP) is 6.85. The number of hydrogen-bond donors (Lipinski definition) is 0. The monoisotopic (exact) mass is 675 g/mol. The minimum Gasteiger partial charge on any atom is -0.342 e. The Balaban J connectivity index is 1.57. The maximum Gasteiger partial charge on any atom is 0.208 e. The maximum atomic E-state index is 13.5. The highest BCUT2D eigenvalue weighted by Crippen LogP contribution is 2.39. The second-order valence-corrected chi connectivity index (χ2v) is 16.1. The van der Waals surface area contributed by atoms with E-state index in [-0.39, 0.29) is 5.56 Å². The molecule has 5 nitrogen and oxygen atoms in total. The van der Waals surface area contributed by atoms with Gasteiger partial charge in [-0.25, -0.2) is 12.8 Å². The van der Waals surface area contributed by atoms with Gasteiger partial charge in [0, 0.05) is 47.3 Å². The predicted molar refractivity (Wildman–Crippen MR) is 199 cm³/mol. The van der Waals surface area contributed by atoms with Crippen LogP contribution in [0.4, 0.5) is 21.5 Å². The number of para-hydroxylation sites is 2.